The third kappa shape index (κ3) is 3.59. The van der Waals surface area contributed by atoms with Gasteiger partial charge in [-0.3, -0.25) is 0 Å². The summed E-state index contributed by atoms with van der Waals surface area (Å²) in [5.74, 6) is 0.825. The summed E-state index contributed by atoms with van der Waals surface area (Å²) in [6, 6.07) is 17.6. The zero-order valence-corrected chi connectivity index (χ0v) is 11.5. The summed E-state index contributed by atoms with van der Waals surface area (Å²) in [4.78, 5) is 0. The number of aliphatic hydroxyl groups is 1. The average molecular weight is 307 g/mol. The van der Waals surface area contributed by atoms with Crippen LogP contribution in [0.5, 0.6) is 5.75 Å². The second-order valence-electron chi connectivity index (χ2n) is 4.06. The van der Waals surface area contributed by atoms with Crippen LogP contribution in [0, 0.1) is 0 Å². The van der Waals surface area contributed by atoms with Gasteiger partial charge in [-0.1, -0.05) is 46.3 Å². The summed E-state index contributed by atoms with van der Waals surface area (Å²) < 4.78 is 6.71. The van der Waals surface area contributed by atoms with Crippen LogP contribution < -0.4 is 4.74 Å². The lowest BCUT2D eigenvalue weighted by Crippen LogP contribution is -2.14. The zero-order chi connectivity index (χ0) is 12.8. The number of ether oxygens (including phenoxy) is 1. The SMILES string of the molecule is OCC(COc1ccccc1)c1ccc(Br)cc1. The average Bonchev–Trinajstić information content (AvgIpc) is 2.42. The molecule has 0 aliphatic heterocycles. The first kappa shape index (κ1) is 13.1. The number of benzene rings is 2. The summed E-state index contributed by atoms with van der Waals surface area (Å²) in [5, 5.41) is 9.44. The Morgan fingerprint density at radius 1 is 1.00 bits per heavy atom. The summed E-state index contributed by atoms with van der Waals surface area (Å²) in [6.07, 6.45) is 0. The van der Waals surface area contributed by atoms with Crippen LogP contribution in [0.25, 0.3) is 0 Å². The van der Waals surface area contributed by atoms with E-state index in [1.54, 1.807) is 0 Å². The molecule has 0 aliphatic rings. The Balaban J connectivity index is 1.99. The van der Waals surface area contributed by atoms with Crippen molar-refractivity contribution in [1.29, 1.82) is 0 Å². The van der Waals surface area contributed by atoms with Crippen molar-refractivity contribution >= 4 is 15.9 Å². The van der Waals surface area contributed by atoms with Crippen molar-refractivity contribution in [3.63, 3.8) is 0 Å². The van der Waals surface area contributed by atoms with Crippen LogP contribution in [0.4, 0.5) is 0 Å². The third-order valence-corrected chi connectivity index (χ3v) is 3.28. The lowest BCUT2D eigenvalue weighted by atomic mass is 10.0. The van der Waals surface area contributed by atoms with Crippen molar-refractivity contribution in [1.82, 2.24) is 0 Å². The van der Waals surface area contributed by atoms with E-state index in [1.165, 1.54) is 0 Å². The van der Waals surface area contributed by atoms with Gasteiger partial charge in [-0.05, 0) is 29.8 Å². The van der Waals surface area contributed by atoms with Gasteiger partial charge in [0.1, 0.15) is 5.75 Å². The van der Waals surface area contributed by atoms with Gasteiger partial charge < -0.3 is 9.84 Å². The molecule has 0 amide bonds. The number of hydrogen-bond donors (Lipinski definition) is 1. The Kier molecular flexibility index (Phi) is 4.79. The van der Waals surface area contributed by atoms with Crippen LogP contribution in [0.3, 0.4) is 0 Å². The molecule has 94 valence electrons. The minimum atomic E-state index is -0.00157. The maximum absolute atomic E-state index is 9.44. The molecule has 0 aromatic heterocycles. The smallest absolute Gasteiger partial charge is 0.119 e. The normalized spacial score (nSPS) is 12.1. The second-order valence-corrected chi connectivity index (χ2v) is 4.97. The number of hydrogen-bond acceptors (Lipinski definition) is 2. The van der Waals surface area contributed by atoms with Crippen molar-refractivity contribution in [3.05, 3.63) is 64.6 Å². The van der Waals surface area contributed by atoms with E-state index in [1.807, 2.05) is 54.6 Å². The number of rotatable bonds is 5. The Hall–Kier alpha value is -1.32. The van der Waals surface area contributed by atoms with E-state index < -0.39 is 0 Å². The number of halogens is 1. The van der Waals surface area contributed by atoms with Gasteiger partial charge in [0.05, 0.1) is 13.2 Å². The zero-order valence-electron chi connectivity index (χ0n) is 9.92. The van der Waals surface area contributed by atoms with E-state index in [4.69, 9.17) is 4.74 Å². The molecular formula is C15H15BrO2. The van der Waals surface area contributed by atoms with Crippen LogP contribution in [0.15, 0.2) is 59.1 Å². The van der Waals surface area contributed by atoms with Gasteiger partial charge in [0, 0.05) is 10.4 Å². The van der Waals surface area contributed by atoms with Crippen molar-refractivity contribution in [2.24, 2.45) is 0 Å². The Morgan fingerprint density at radius 3 is 2.28 bits per heavy atom. The quantitative estimate of drug-likeness (QED) is 0.914. The highest BCUT2D eigenvalue weighted by Gasteiger charge is 2.11. The van der Waals surface area contributed by atoms with E-state index in [9.17, 15) is 5.11 Å². The predicted molar refractivity (Wildman–Crippen MR) is 75.9 cm³/mol. The maximum Gasteiger partial charge on any atom is 0.119 e. The van der Waals surface area contributed by atoms with Gasteiger partial charge in [-0.25, -0.2) is 0 Å². The van der Waals surface area contributed by atoms with E-state index in [-0.39, 0.29) is 12.5 Å². The molecule has 18 heavy (non-hydrogen) atoms. The first-order valence-corrected chi connectivity index (χ1v) is 6.63. The molecular weight excluding hydrogens is 292 g/mol. The minimum absolute atomic E-state index is 0.00157. The predicted octanol–water partition coefficient (Wildman–Crippen LogP) is 3.60. The topological polar surface area (TPSA) is 29.5 Å². The molecule has 0 saturated heterocycles. The molecule has 0 fully saturated rings. The van der Waals surface area contributed by atoms with Crippen LogP contribution in [0.2, 0.25) is 0 Å². The lowest BCUT2D eigenvalue weighted by Gasteiger charge is -2.15. The minimum Gasteiger partial charge on any atom is -0.493 e. The molecule has 2 aromatic carbocycles. The standard InChI is InChI=1S/C15H15BrO2/c16-14-8-6-12(7-9-14)13(10-17)11-18-15-4-2-1-3-5-15/h1-9,13,17H,10-11H2. The van der Waals surface area contributed by atoms with E-state index in [2.05, 4.69) is 15.9 Å². The Morgan fingerprint density at radius 2 is 1.67 bits per heavy atom. The molecule has 2 aromatic rings. The van der Waals surface area contributed by atoms with E-state index in [0.29, 0.717) is 6.61 Å². The first-order valence-electron chi connectivity index (χ1n) is 5.84. The summed E-state index contributed by atoms with van der Waals surface area (Å²) >= 11 is 3.40. The van der Waals surface area contributed by atoms with Crippen molar-refractivity contribution in [3.8, 4) is 5.75 Å². The fourth-order valence-corrected chi connectivity index (χ4v) is 1.97. The van der Waals surface area contributed by atoms with Crippen molar-refractivity contribution < 1.29 is 9.84 Å². The van der Waals surface area contributed by atoms with Crippen molar-refractivity contribution in [2.75, 3.05) is 13.2 Å². The van der Waals surface area contributed by atoms with Crippen LogP contribution >= 0.6 is 15.9 Å². The molecule has 0 aliphatic carbocycles. The van der Waals surface area contributed by atoms with Crippen molar-refractivity contribution in [2.45, 2.75) is 5.92 Å². The van der Waals surface area contributed by atoms with Gasteiger partial charge in [-0.15, -0.1) is 0 Å². The molecule has 1 N–H and O–H groups in total. The fourth-order valence-electron chi connectivity index (χ4n) is 1.70. The monoisotopic (exact) mass is 306 g/mol. The Bertz CT molecular complexity index is 468. The molecule has 0 spiro atoms. The van der Waals surface area contributed by atoms with E-state index in [0.717, 1.165) is 15.8 Å². The van der Waals surface area contributed by atoms with Crippen LogP contribution in [-0.4, -0.2) is 18.3 Å². The highest BCUT2D eigenvalue weighted by atomic mass is 79.9. The molecule has 0 saturated carbocycles. The largest absolute Gasteiger partial charge is 0.493 e. The number of aliphatic hydroxyl groups excluding tert-OH is 1. The maximum atomic E-state index is 9.44. The molecule has 2 rings (SSSR count). The third-order valence-electron chi connectivity index (χ3n) is 2.76. The highest BCUT2D eigenvalue weighted by Crippen LogP contribution is 2.20. The van der Waals surface area contributed by atoms with Gasteiger partial charge in [0.25, 0.3) is 0 Å². The van der Waals surface area contributed by atoms with E-state index >= 15 is 0 Å². The lowest BCUT2D eigenvalue weighted by molar-refractivity contribution is 0.205. The van der Waals surface area contributed by atoms with Gasteiger partial charge in [-0.2, -0.15) is 0 Å². The summed E-state index contributed by atoms with van der Waals surface area (Å²) in [5.41, 5.74) is 1.08. The molecule has 0 heterocycles. The summed E-state index contributed by atoms with van der Waals surface area (Å²) in [7, 11) is 0. The van der Waals surface area contributed by atoms with Gasteiger partial charge >= 0.3 is 0 Å². The first-order chi connectivity index (χ1) is 8.79. The Labute approximate surface area is 115 Å². The van der Waals surface area contributed by atoms with Crippen LogP contribution in [0.1, 0.15) is 11.5 Å². The molecule has 0 radical (unpaired) electrons. The van der Waals surface area contributed by atoms with Crippen LogP contribution in [-0.2, 0) is 0 Å². The fraction of sp³-hybridized carbons (Fsp3) is 0.200. The molecule has 1 atom stereocenters. The molecule has 2 nitrogen and oxygen atoms in total. The molecule has 3 heteroatoms. The van der Waals surface area contributed by atoms with Gasteiger partial charge in [0.15, 0.2) is 0 Å². The molecule has 1 unspecified atom stereocenters. The summed E-state index contributed by atoms with van der Waals surface area (Å²) in [6.45, 7) is 0.552. The number of para-hydroxylation sites is 1. The van der Waals surface area contributed by atoms with Gasteiger partial charge in [0.2, 0.25) is 0 Å². The second kappa shape index (κ2) is 6.57. The molecule has 0 bridgehead atoms. The highest BCUT2D eigenvalue weighted by molar-refractivity contribution is 9.10.